The van der Waals surface area contributed by atoms with E-state index in [0.717, 1.165) is 21.7 Å². The van der Waals surface area contributed by atoms with Crippen LogP contribution in [0.25, 0.3) is 0 Å². The summed E-state index contributed by atoms with van der Waals surface area (Å²) in [7, 11) is -0.990. The molecule has 0 aliphatic heterocycles. The molecule has 0 aliphatic carbocycles. The van der Waals surface area contributed by atoms with E-state index in [1.54, 1.807) is 0 Å². The van der Waals surface area contributed by atoms with E-state index >= 15 is 0 Å². The molecule has 2 aromatic rings. The van der Waals surface area contributed by atoms with Crippen molar-refractivity contribution in [2.24, 2.45) is 0 Å². The van der Waals surface area contributed by atoms with Crippen molar-refractivity contribution in [3.8, 4) is 11.5 Å². The first-order valence-electron chi connectivity index (χ1n) is 8.82. The van der Waals surface area contributed by atoms with E-state index in [2.05, 4.69) is 5.32 Å². The number of halogens is 1. The fraction of sp³-hybridized carbons (Fsp3) is 0.350. The highest BCUT2D eigenvalue weighted by Crippen LogP contribution is 2.38. The van der Waals surface area contributed by atoms with Gasteiger partial charge >= 0.3 is 0 Å². The third kappa shape index (κ3) is 5.77. The van der Waals surface area contributed by atoms with Gasteiger partial charge in [0.25, 0.3) is 0 Å². The predicted octanol–water partition coefficient (Wildman–Crippen LogP) is 3.31. The molecule has 0 heterocycles. The lowest BCUT2D eigenvalue weighted by molar-refractivity contribution is -0.120. The highest BCUT2D eigenvalue weighted by Gasteiger charge is 2.26. The van der Waals surface area contributed by atoms with Gasteiger partial charge in [-0.2, -0.15) is 0 Å². The van der Waals surface area contributed by atoms with Gasteiger partial charge in [0.05, 0.1) is 37.2 Å². The highest BCUT2D eigenvalue weighted by atomic mass is 35.5. The van der Waals surface area contributed by atoms with E-state index in [1.807, 2.05) is 38.1 Å². The Labute approximate surface area is 176 Å². The lowest BCUT2D eigenvalue weighted by Crippen LogP contribution is -2.41. The predicted molar refractivity (Wildman–Crippen MR) is 114 cm³/mol. The monoisotopic (exact) mass is 440 g/mol. The number of ether oxygens (including phenoxy) is 2. The molecule has 0 saturated heterocycles. The molecule has 0 radical (unpaired) electrons. The van der Waals surface area contributed by atoms with Gasteiger partial charge in [0, 0.05) is 12.1 Å². The fourth-order valence-corrected chi connectivity index (χ4v) is 3.86. The molecule has 1 amide bonds. The van der Waals surface area contributed by atoms with Crippen LogP contribution in [0, 0.1) is 6.92 Å². The summed E-state index contributed by atoms with van der Waals surface area (Å²) >= 11 is 6.10. The van der Waals surface area contributed by atoms with E-state index in [4.69, 9.17) is 21.1 Å². The maximum atomic E-state index is 12.6. The maximum Gasteiger partial charge on any atom is 0.241 e. The summed E-state index contributed by atoms with van der Waals surface area (Å²) in [4.78, 5) is 12.6. The number of carbonyl (C=O) groups is 1. The number of aryl methyl sites for hydroxylation is 1. The van der Waals surface area contributed by atoms with Gasteiger partial charge < -0.3 is 14.8 Å². The topological polar surface area (TPSA) is 84.9 Å². The van der Waals surface area contributed by atoms with Gasteiger partial charge in [-0.1, -0.05) is 41.4 Å². The molecule has 1 N–H and O–H groups in total. The molecule has 0 aliphatic rings. The van der Waals surface area contributed by atoms with Gasteiger partial charge in [-0.3, -0.25) is 9.10 Å². The minimum atomic E-state index is -3.80. The smallest absolute Gasteiger partial charge is 0.241 e. The van der Waals surface area contributed by atoms with Gasteiger partial charge in [0.1, 0.15) is 18.0 Å². The number of sulfonamides is 1. The van der Waals surface area contributed by atoms with E-state index < -0.39 is 22.5 Å². The average Bonchev–Trinajstić information content (AvgIpc) is 2.65. The molecule has 29 heavy (non-hydrogen) atoms. The molecule has 158 valence electrons. The van der Waals surface area contributed by atoms with Crippen LogP contribution in [0.3, 0.4) is 0 Å². The largest absolute Gasteiger partial charge is 0.495 e. The SMILES string of the molecule is COc1cc(N(CC(=O)N[C@@H](C)c2ccc(C)cc2)S(C)(=O)=O)c(OC)cc1Cl. The van der Waals surface area contributed by atoms with E-state index in [9.17, 15) is 13.2 Å². The Morgan fingerprint density at radius 3 is 2.24 bits per heavy atom. The zero-order valence-corrected chi connectivity index (χ0v) is 18.6. The normalized spacial score (nSPS) is 12.2. The van der Waals surface area contributed by atoms with Crippen LogP contribution in [-0.2, 0) is 14.8 Å². The highest BCUT2D eigenvalue weighted by molar-refractivity contribution is 7.92. The second kappa shape index (κ2) is 9.37. The Morgan fingerprint density at radius 2 is 1.72 bits per heavy atom. The maximum absolute atomic E-state index is 12.6. The molecular weight excluding hydrogens is 416 g/mol. The van der Waals surface area contributed by atoms with Crippen LogP contribution in [0.15, 0.2) is 36.4 Å². The number of nitrogens with zero attached hydrogens (tertiary/aromatic N) is 1. The minimum Gasteiger partial charge on any atom is -0.495 e. The quantitative estimate of drug-likeness (QED) is 0.680. The number of rotatable bonds is 8. The number of amides is 1. The number of carbonyl (C=O) groups excluding carboxylic acids is 1. The number of benzene rings is 2. The van der Waals surface area contributed by atoms with Crippen molar-refractivity contribution in [1.82, 2.24) is 5.32 Å². The molecule has 0 saturated carbocycles. The van der Waals surface area contributed by atoms with Gasteiger partial charge in [0.2, 0.25) is 15.9 Å². The molecule has 1 atom stereocenters. The molecule has 2 rings (SSSR count). The second-order valence-electron chi connectivity index (χ2n) is 6.63. The summed E-state index contributed by atoms with van der Waals surface area (Å²) in [6.45, 7) is 3.39. The van der Waals surface area contributed by atoms with Crippen LogP contribution in [0.1, 0.15) is 24.1 Å². The first-order valence-corrected chi connectivity index (χ1v) is 11.0. The van der Waals surface area contributed by atoms with Crippen molar-refractivity contribution in [2.75, 3.05) is 31.3 Å². The Morgan fingerprint density at radius 1 is 1.14 bits per heavy atom. The minimum absolute atomic E-state index is 0.161. The van der Waals surface area contributed by atoms with Crippen molar-refractivity contribution in [3.63, 3.8) is 0 Å². The molecule has 9 heteroatoms. The van der Waals surface area contributed by atoms with Crippen molar-refractivity contribution < 1.29 is 22.7 Å². The number of anilines is 1. The number of nitrogens with one attached hydrogen (secondary N) is 1. The first-order chi connectivity index (χ1) is 13.6. The summed E-state index contributed by atoms with van der Waals surface area (Å²) in [5, 5.41) is 3.09. The van der Waals surface area contributed by atoms with Crippen molar-refractivity contribution >= 4 is 33.2 Å². The van der Waals surface area contributed by atoms with Crippen LogP contribution in [0.2, 0.25) is 5.02 Å². The molecule has 0 bridgehead atoms. The number of methoxy groups -OCH3 is 2. The first kappa shape index (κ1) is 22.8. The second-order valence-corrected chi connectivity index (χ2v) is 8.94. The van der Waals surface area contributed by atoms with Crippen molar-refractivity contribution in [2.45, 2.75) is 19.9 Å². The van der Waals surface area contributed by atoms with Crippen LogP contribution in [-0.4, -0.2) is 41.3 Å². The van der Waals surface area contributed by atoms with E-state index in [-0.39, 0.29) is 28.3 Å². The van der Waals surface area contributed by atoms with Crippen LogP contribution < -0.4 is 19.1 Å². The number of hydrogen-bond acceptors (Lipinski definition) is 5. The molecule has 0 spiro atoms. The molecule has 7 nitrogen and oxygen atoms in total. The summed E-state index contributed by atoms with van der Waals surface area (Å²) in [6.07, 6.45) is 1.02. The fourth-order valence-electron chi connectivity index (χ4n) is 2.78. The lowest BCUT2D eigenvalue weighted by Gasteiger charge is -2.25. The zero-order chi connectivity index (χ0) is 21.8. The Bertz CT molecular complexity index is 977. The average molecular weight is 441 g/mol. The third-order valence-electron chi connectivity index (χ3n) is 4.36. The van der Waals surface area contributed by atoms with Gasteiger partial charge in [0.15, 0.2) is 0 Å². The third-order valence-corrected chi connectivity index (χ3v) is 5.79. The Hall–Kier alpha value is -2.45. The molecule has 0 unspecified atom stereocenters. The Kier molecular flexibility index (Phi) is 7.37. The number of hydrogen-bond donors (Lipinski definition) is 1. The summed E-state index contributed by atoms with van der Waals surface area (Å²) in [6, 6.07) is 10.3. The van der Waals surface area contributed by atoms with Gasteiger partial charge in [-0.25, -0.2) is 8.42 Å². The summed E-state index contributed by atoms with van der Waals surface area (Å²) in [5.74, 6) is 0.0182. The van der Waals surface area contributed by atoms with Crippen molar-refractivity contribution in [3.05, 3.63) is 52.5 Å². The lowest BCUT2D eigenvalue weighted by atomic mass is 10.1. The standard InChI is InChI=1S/C20H25ClN2O5S/c1-13-6-8-15(9-7-13)14(2)22-20(24)12-23(29(5,25)26)17-11-18(27-3)16(21)10-19(17)28-4/h6-11,14H,12H2,1-5H3,(H,22,24)/t14-/m0/s1. The van der Waals surface area contributed by atoms with Crippen LogP contribution in [0.5, 0.6) is 11.5 Å². The Balaban J connectivity index is 2.30. The molecule has 0 aromatic heterocycles. The zero-order valence-electron chi connectivity index (χ0n) is 17.0. The van der Waals surface area contributed by atoms with Gasteiger partial charge in [-0.05, 0) is 19.4 Å². The van der Waals surface area contributed by atoms with Crippen molar-refractivity contribution in [1.29, 1.82) is 0 Å². The molecule has 2 aromatic carbocycles. The van der Waals surface area contributed by atoms with Gasteiger partial charge in [-0.15, -0.1) is 0 Å². The van der Waals surface area contributed by atoms with Crippen LogP contribution in [0.4, 0.5) is 5.69 Å². The van der Waals surface area contributed by atoms with E-state index in [0.29, 0.717) is 0 Å². The molecule has 0 fully saturated rings. The van der Waals surface area contributed by atoms with E-state index in [1.165, 1.54) is 26.4 Å². The van der Waals surface area contributed by atoms with Crippen LogP contribution >= 0.6 is 11.6 Å². The summed E-state index contributed by atoms with van der Waals surface area (Å²) < 4.78 is 36.3. The molecular formula is C20H25ClN2O5S. The summed E-state index contributed by atoms with van der Waals surface area (Å²) in [5.41, 5.74) is 2.19.